The Labute approximate surface area is 201 Å². The highest BCUT2D eigenvalue weighted by molar-refractivity contribution is 7.81. The van der Waals surface area contributed by atoms with Crippen LogP contribution in [0.4, 0.5) is 18.9 Å². The van der Waals surface area contributed by atoms with Gasteiger partial charge in [0, 0.05) is 17.5 Å². The molecule has 12 heteroatoms. The molecule has 0 spiro atoms. The number of carbonyl (C=O) groups is 1. The van der Waals surface area contributed by atoms with E-state index in [2.05, 4.69) is 23.1 Å². The van der Waals surface area contributed by atoms with Crippen molar-refractivity contribution in [1.82, 2.24) is 0 Å². The molecule has 1 N–H and O–H groups in total. The minimum atomic E-state index is -4.85. The van der Waals surface area contributed by atoms with Gasteiger partial charge in [-0.3, -0.25) is 4.79 Å². The van der Waals surface area contributed by atoms with Crippen molar-refractivity contribution in [2.75, 3.05) is 5.32 Å². The number of carbonyl (C=O) groups excluding carboxylic acids is 1. The summed E-state index contributed by atoms with van der Waals surface area (Å²) in [6.07, 6.45) is -5.50. The van der Waals surface area contributed by atoms with Crippen molar-refractivity contribution < 1.29 is 22.8 Å². The number of hydrogen-bond donors (Lipinski definition) is 2. The first-order valence-corrected chi connectivity index (χ1v) is 10.6. The van der Waals surface area contributed by atoms with Crippen LogP contribution >= 0.6 is 59.0 Å². The summed E-state index contributed by atoms with van der Waals surface area (Å²) in [5, 5.41) is 5.41. The zero-order valence-corrected chi connectivity index (χ0v) is 19.4. The monoisotopic (exact) mass is 530 g/mol. The molecule has 1 aliphatic rings. The molecule has 31 heavy (non-hydrogen) atoms. The van der Waals surface area contributed by atoms with E-state index >= 15 is 0 Å². The Kier molecular flexibility index (Phi) is 6.99. The van der Waals surface area contributed by atoms with Gasteiger partial charge >= 0.3 is 6.18 Å². The highest BCUT2D eigenvalue weighted by atomic mass is 35.5. The van der Waals surface area contributed by atoms with Gasteiger partial charge < -0.3 is 10.2 Å². The minimum Gasteiger partial charge on any atom is -0.374 e. The predicted molar refractivity (Wildman–Crippen MR) is 120 cm³/mol. The molecule has 2 atom stereocenters. The molecular weight excluding hydrogens is 519 g/mol. The smallest absolute Gasteiger partial charge is 0.374 e. The Bertz CT molecular complexity index is 1060. The van der Waals surface area contributed by atoms with E-state index in [0.717, 1.165) is 12.1 Å². The molecule has 0 bridgehead atoms. The second-order valence-electron chi connectivity index (χ2n) is 6.74. The molecule has 0 saturated heterocycles. The maximum atomic E-state index is 14.1. The van der Waals surface area contributed by atoms with Crippen molar-refractivity contribution in [3.8, 4) is 0 Å². The van der Waals surface area contributed by atoms with Crippen LogP contribution in [-0.2, 0) is 15.2 Å². The first kappa shape index (κ1) is 24.3. The van der Waals surface area contributed by atoms with E-state index < -0.39 is 23.4 Å². The number of amides is 1. The number of rotatable bonds is 4. The molecule has 3 rings (SSSR count). The van der Waals surface area contributed by atoms with Crippen molar-refractivity contribution in [3.05, 3.63) is 61.5 Å². The van der Waals surface area contributed by atoms with Gasteiger partial charge in [0.2, 0.25) is 5.91 Å². The van der Waals surface area contributed by atoms with Crippen molar-refractivity contribution in [2.24, 2.45) is 5.16 Å². The quantitative estimate of drug-likeness (QED) is 0.325. The van der Waals surface area contributed by atoms with Crippen LogP contribution in [0.2, 0.25) is 20.1 Å². The van der Waals surface area contributed by atoms with Gasteiger partial charge in [-0.15, -0.1) is 0 Å². The van der Waals surface area contributed by atoms with Gasteiger partial charge in [0.15, 0.2) is 0 Å². The van der Waals surface area contributed by atoms with Crippen LogP contribution in [0, 0.1) is 0 Å². The third kappa shape index (κ3) is 4.73. The summed E-state index contributed by atoms with van der Waals surface area (Å²) in [7, 11) is 0. The lowest BCUT2D eigenvalue weighted by Crippen LogP contribution is -2.42. The molecule has 0 aromatic heterocycles. The number of alkyl halides is 3. The van der Waals surface area contributed by atoms with E-state index in [0.29, 0.717) is 5.56 Å². The molecule has 0 saturated carbocycles. The van der Waals surface area contributed by atoms with Crippen LogP contribution in [0.25, 0.3) is 0 Å². The molecule has 2 aromatic rings. The summed E-state index contributed by atoms with van der Waals surface area (Å²) in [5.41, 5.74) is -2.56. The lowest BCUT2D eigenvalue weighted by molar-refractivity contribution is -0.275. The fourth-order valence-electron chi connectivity index (χ4n) is 2.88. The fourth-order valence-corrected chi connectivity index (χ4v) is 3.77. The second kappa shape index (κ2) is 8.90. The molecule has 1 heterocycles. The Balaban J connectivity index is 1.95. The van der Waals surface area contributed by atoms with Gasteiger partial charge in [-0.25, -0.2) is 0 Å². The Morgan fingerprint density at radius 1 is 1.16 bits per heavy atom. The van der Waals surface area contributed by atoms with E-state index in [1.165, 1.54) is 18.2 Å². The standard InChI is InChI=1S/C19H13Cl4F3N2O2S/c1-8(31)17(29)27-14-3-2-9(4-11(14)20)15-7-18(30-28-15,19(24,25)26)10-5-12(21)16(23)13(22)6-10/h2-6,8,31H,7H2,1H3,(H,27,29). The largest absolute Gasteiger partial charge is 0.435 e. The van der Waals surface area contributed by atoms with E-state index in [9.17, 15) is 18.0 Å². The normalized spacial score (nSPS) is 19.6. The highest BCUT2D eigenvalue weighted by Gasteiger charge is 2.62. The van der Waals surface area contributed by atoms with Gasteiger partial charge in [-0.2, -0.15) is 25.8 Å². The number of thiol groups is 1. The van der Waals surface area contributed by atoms with E-state index in [1.54, 1.807) is 6.92 Å². The molecule has 166 valence electrons. The average Bonchev–Trinajstić information content (AvgIpc) is 3.14. The molecule has 4 nitrogen and oxygen atoms in total. The van der Waals surface area contributed by atoms with Crippen LogP contribution in [-0.4, -0.2) is 23.0 Å². The Morgan fingerprint density at radius 2 is 1.77 bits per heavy atom. The Morgan fingerprint density at radius 3 is 2.29 bits per heavy atom. The van der Waals surface area contributed by atoms with Crippen molar-refractivity contribution in [3.63, 3.8) is 0 Å². The average molecular weight is 532 g/mol. The van der Waals surface area contributed by atoms with Gasteiger partial charge in [0.05, 0.1) is 36.7 Å². The molecule has 2 unspecified atom stereocenters. The topological polar surface area (TPSA) is 50.7 Å². The van der Waals surface area contributed by atoms with Crippen LogP contribution in [0.5, 0.6) is 0 Å². The van der Waals surface area contributed by atoms with Crippen molar-refractivity contribution >= 4 is 76.3 Å². The number of anilines is 1. The zero-order valence-electron chi connectivity index (χ0n) is 15.5. The van der Waals surface area contributed by atoms with Gasteiger partial charge in [0.25, 0.3) is 5.60 Å². The highest BCUT2D eigenvalue weighted by Crippen LogP contribution is 2.50. The number of benzene rings is 2. The molecule has 1 amide bonds. The van der Waals surface area contributed by atoms with Crippen LogP contribution in [0.1, 0.15) is 24.5 Å². The summed E-state index contributed by atoms with van der Waals surface area (Å²) in [5.74, 6) is -0.382. The first-order chi connectivity index (χ1) is 14.4. The molecule has 0 radical (unpaired) electrons. The summed E-state index contributed by atoms with van der Waals surface area (Å²) in [4.78, 5) is 16.7. The molecule has 1 aliphatic heterocycles. The summed E-state index contributed by atoms with van der Waals surface area (Å²) >= 11 is 27.9. The van der Waals surface area contributed by atoms with Crippen LogP contribution in [0.3, 0.4) is 0 Å². The molecule has 0 fully saturated rings. The van der Waals surface area contributed by atoms with Crippen LogP contribution in [0.15, 0.2) is 35.5 Å². The fraction of sp³-hybridized carbons (Fsp3) is 0.263. The van der Waals surface area contributed by atoms with Gasteiger partial charge in [-0.1, -0.05) is 57.6 Å². The van der Waals surface area contributed by atoms with Gasteiger partial charge in [0.1, 0.15) is 0 Å². The molecule has 2 aromatic carbocycles. The maximum Gasteiger partial charge on any atom is 0.435 e. The summed E-state index contributed by atoms with van der Waals surface area (Å²) in [6, 6.07) is 6.41. The second-order valence-corrected chi connectivity index (χ2v) is 9.12. The third-order valence-corrected chi connectivity index (χ3v) is 6.32. The zero-order chi connectivity index (χ0) is 23.1. The number of nitrogens with zero attached hydrogens (tertiary/aromatic N) is 1. The van der Waals surface area contributed by atoms with E-state index in [4.69, 9.17) is 51.2 Å². The summed E-state index contributed by atoms with van der Waals surface area (Å²) in [6.45, 7) is 1.58. The lowest BCUT2D eigenvalue weighted by Gasteiger charge is -2.30. The summed E-state index contributed by atoms with van der Waals surface area (Å²) < 4.78 is 42.4. The van der Waals surface area contributed by atoms with Crippen LogP contribution < -0.4 is 5.32 Å². The SMILES string of the molecule is CC(S)C(=O)Nc1ccc(C2=NOC(c3cc(Cl)c(Cl)c(Cl)c3)(C(F)(F)F)C2)cc1Cl. The number of oxime groups is 1. The lowest BCUT2D eigenvalue weighted by atomic mass is 9.86. The first-order valence-electron chi connectivity index (χ1n) is 8.61. The van der Waals surface area contributed by atoms with Gasteiger partial charge in [-0.05, 0) is 31.2 Å². The Hall–Kier alpha value is -1.32. The maximum absolute atomic E-state index is 14.1. The number of hydrogen-bond acceptors (Lipinski definition) is 4. The third-order valence-electron chi connectivity index (χ3n) is 4.58. The number of halogens is 7. The van der Waals surface area contributed by atoms with Crippen molar-refractivity contribution in [2.45, 2.75) is 30.4 Å². The number of nitrogens with one attached hydrogen (secondary N) is 1. The van der Waals surface area contributed by atoms with Crippen molar-refractivity contribution in [1.29, 1.82) is 0 Å². The van der Waals surface area contributed by atoms with E-state index in [-0.39, 0.29) is 43.0 Å². The molecule has 0 aliphatic carbocycles. The predicted octanol–water partition coefficient (Wildman–Crippen LogP) is 7.14. The molecular formula is C19H13Cl4F3N2O2S. The minimum absolute atomic E-state index is 0.00172. The van der Waals surface area contributed by atoms with E-state index in [1.807, 2.05) is 0 Å².